The average molecular weight is 581 g/mol. The predicted molar refractivity (Wildman–Crippen MR) is 164 cm³/mol. The fourth-order valence-electron chi connectivity index (χ4n) is 6.47. The number of pyridine rings is 2. The second kappa shape index (κ2) is 8.74. The fraction of sp³-hybridized carbons (Fsp3) is 0.125. The molecule has 44 heavy (non-hydrogen) atoms. The van der Waals surface area contributed by atoms with E-state index in [1.54, 1.807) is 0 Å². The van der Waals surface area contributed by atoms with Crippen molar-refractivity contribution in [2.45, 2.75) is 0 Å². The summed E-state index contributed by atoms with van der Waals surface area (Å²) in [5.74, 6) is 2.79. The Morgan fingerprint density at radius 1 is 0.614 bits per heavy atom. The first-order valence-electron chi connectivity index (χ1n) is 14.3. The second-order valence-corrected chi connectivity index (χ2v) is 11.3. The lowest BCUT2D eigenvalue weighted by atomic mass is 10.2. The maximum absolute atomic E-state index is 5.17. The number of aryl methyl sites for hydroxylation is 2. The van der Waals surface area contributed by atoms with E-state index in [1.807, 2.05) is 77.3 Å². The van der Waals surface area contributed by atoms with Crippen LogP contribution >= 0.6 is 0 Å². The van der Waals surface area contributed by atoms with E-state index in [4.69, 9.17) is 19.9 Å². The van der Waals surface area contributed by atoms with Gasteiger partial charge in [0.15, 0.2) is 18.0 Å². The average Bonchev–Trinajstić information content (AvgIpc) is 3.74. The van der Waals surface area contributed by atoms with Gasteiger partial charge in [-0.05, 0) is 36.4 Å². The number of anilines is 2. The third-order valence-corrected chi connectivity index (χ3v) is 8.48. The van der Waals surface area contributed by atoms with Gasteiger partial charge in [0.25, 0.3) is 23.0 Å². The Labute approximate surface area is 250 Å². The van der Waals surface area contributed by atoms with E-state index >= 15 is 0 Å². The molecule has 0 spiro atoms. The first-order chi connectivity index (χ1) is 21.4. The summed E-state index contributed by atoms with van der Waals surface area (Å²) in [4.78, 5) is 38.9. The molecule has 4 N–H and O–H groups in total. The van der Waals surface area contributed by atoms with Gasteiger partial charge in [0.05, 0.1) is 10.9 Å². The maximum Gasteiger partial charge on any atom is 0.337 e. The van der Waals surface area contributed by atoms with E-state index in [0.29, 0.717) is 45.9 Å². The predicted octanol–water partition coefficient (Wildman–Crippen LogP) is 0.538. The van der Waals surface area contributed by atoms with Gasteiger partial charge in [-0.25, -0.2) is 15.0 Å². The van der Waals surface area contributed by atoms with Crippen LogP contribution in [0.5, 0.6) is 0 Å². The standard InChI is InChI=1S/C32H26N12/c1-41-13-5-9-17-21(41)29-33-25(17)38-30-23-19(11-7-15-43(23)3)27(35-30)40-32-24-20(12-8-16-44(24)4)28(36-32)39-31-22-18(26(34-31)37-29)10-6-14-42(22)2/h5-16H,1-4H3,(H2,33,34,35,36,37,38,39,40)/q+2/p+2. The lowest BCUT2D eigenvalue weighted by molar-refractivity contribution is -0.662. The van der Waals surface area contributed by atoms with Crippen molar-refractivity contribution >= 4 is 46.1 Å². The van der Waals surface area contributed by atoms with Gasteiger partial charge in [0.1, 0.15) is 36.6 Å². The zero-order chi connectivity index (χ0) is 29.7. The van der Waals surface area contributed by atoms with Gasteiger partial charge in [-0.2, -0.15) is 9.13 Å². The minimum atomic E-state index is 0.694. The number of fused-ring (bicyclic) bond motifs is 20. The lowest BCUT2D eigenvalue weighted by Gasteiger charge is -2.14. The van der Waals surface area contributed by atoms with Gasteiger partial charge in [-0.1, -0.05) is 15.0 Å². The summed E-state index contributed by atoms with van der Waals surface area (Å²) in [6.07, 6.45) is 16.2. The number of nitrogens with zero attached hydrogens (tertiary/aromatic N) is 8. The zero-order valence-corrected chi connectivity index (χ0v) is 24.5. The number of H-pyrrole nitrogens is 4. The summed E-state index contributed by atoms with van der Waals surface area (Å²) in [5.41, 5.74) is 8.45. The molecule has 5 aromatic heterocycles. The van der Waals surface area contributed by atoms with Crippen LogP contribution in [0.4, 0.5) is 11.4 Å². The normalized spacial score (nSPS) is 14.0. The molecule has 0 saturated carbocycles. The van der Waals surface area contributed by atoms with Gasteiger partial charge < -0.3 is 19.8 Å². The Kier molecular flexibility index (Phi) is 4.87. The van der Waals surface area contributed by atoms with E-state index in [9.17, 15) is 0 Å². The minimum Gasteiger partial charge on any atom is -0.347 e. The van der Waals surface area contributed by atoms with Crippen LogP contribution in [-0.2, 0) is 14.1 Å². The van der Waals surface area contributed by atoms with Crippen LogP contribution in [0, 0.1) is 0 Å². The lowest BCUT2D eigenvalue weighted by Crippen LogP contribution is -2.31. The topological polar surface area (TPSA) is 126 Å². The highest BCUT2D eigenvalue weighted by molar-refractivity contribution is 5.86. The molecule has 0 amide bonds. The molecule has 4 aliphatic rings. The summed E-state index contributed by atoms with van der Waals surface area (Å²) >= 11 is 0. The molecule has 12 heteroatoms. The first kappa shape index (κ1) is 24.5. The van der Waals surface area contributed by atoms with Crippen LogP contribution in [0.15, 0.2) is 61.2 Å². The van der Waals surface area contributed by atoms with Gasteiger partial charge in [-0.15, -0.1) is 0 Å². The van der Waals surface area contributed by atoms with Crippen LogP contribution < -0.4 is 39.3 Å². The van der Waals surface area contributed by atoms with Crippen molar-refractivity contribution in [1.82, 2.24) is 29.9 Å². The molecule has 12 nitrogen and oxygen atoms in total. The van der Waals surface area contributed by atoms with Crippen molar-refractivity contribution in [1.29, 1.82) is 0 Å². The highest BCUT2D eigenvalue weighted by atomic mass is 15.2. The second-order valence-electron chi connectivity index (χ2n) is 11.3. The van der Waals surface area contributed by atoms with Gasteiger partial charge >= 0.3 is 11.6 Å². The third-order valence-electron chi connectivity index (χ3n) is 8.48. The molecule has 212 valence electrons. The summed E-state index contributed by atoms with van der Waals surface area (Å²) in [6, 6.07) is 8.16. The monoisotopic (exact) mass is 580 g/mol. The summed E-state index contributed by atoms with van der Waals surface area (Å²) in [7, 11) is 8.07. The molecule has 0 atom stereocenters. The molecular weight excluding hydrogens is 552 g/mol. The molecule has 0 saturated heterocycles. The van der Waals surface area contributed by atoms with Crippen molar-refractivity contribution in [3.05, 3.63) is 71.6 Å². The van der Waals surface area contributed by atoms with Gasteiger partial charge in [-0.3, -0.25) is 0 Å². The molecule has 9 rings (SSSR count). The van der Waals surface area contributed by atoms with E-state index in [2.05, 4.69) is 63.2 Å². The minimum absolute atomic E-state index is 0.694. The summed E-state index contributed by atoms with van der Waals surface area (Å²) in [5, 5.41) is 1.91. The molecule has 4 aliphatic heterocycles. The maximum atomic E-state index is 5.17. The highest BCUT2D eigenvalue weighted by Crippen LogP contribution is 2.31. The van der Waals surface area contributed by atoms with Crippen molar-refractivity contribution in [3.8, 4) is 45.8 Å². The number of rotatable bonds is 0. The van der Waals surface area contributed by atoms with Crippen LogP contribution in [0.1, 0.15) is 0 Å². The van der Waals surface area contributed by atoms with Crippen molar-refractivity contribution < 1.29 is 19.1 Å². The molecule has 0 unspecified atom stereocenters. The molecule has 8 bridgehead atoms. The first-order valence-corrected chi connectivity index (χ1v) is 14.3. The summed E-state index contributed by atoms with van der Waals surface area (Å²) in [6.45, 7) is 0. The van der Waals surface area contributed by atoms with E-state index < -0.39 is 0 Å². The smallest absolute Gasteiger partial charge is 0.337 e. The Balaban J connectivity index is 1.51. The van der Waals surface area contributed by atoms with Crippen LogP contribution in [0.3, 0.4) is 0 Å². The fourth-order valence-corrected chi connectivity index (χ4v) is 6.47. The quantitative estimate of drug-likeness (QED) is 0.252. The molecular formula is C32H28N12+4. The van der Waals surface area contributed by atoms with Crippen LogP contribution in [-0.4, -0.2) is 44.0 Å². The molecule has 0 aromatic carbocycles. The van der Waals surface area contributed by atoms with E-state index in [1.165, 1.54) is 0 Å². The number of allylic oxidation sites excluding steroid dienone is 2. The third kappa shape index (κ3) is 3.38. The molecule has 0 radical (unpaired) electrons. The van der Waals surface area contributed by atoms with Crippen LogP contribution in [0.25, 0.3) is 80.6 Å². The Morgan fingerprint density at radius 3 is 1.68 bits per heavy atom. The Bertz CT molecular complexity index is 2470. The molecule has 0 fully saturated rings. The largest absolute Gasteiger partial charge is 0.347 e. The van der Waals surface area contributed by atoms with Crippen molar-refractivity contribution in [2.75, 3.05) is 23.9 Å². The Hall–Kier alpha value is -6.04. The molecule has 5 aromatic rings. The number of hydrogen-bond acceptors (Lipinski definition) is 6. The van der Waals surface area contributed by atoms with E-state index in [-0.39, 0.29) is 0 Å². The van der Waals surface area contributed by atoms with E-state index in [0.717, 1.165) is 44.3 Å². The van der Waals surface area contributed by atoms with Crippen LogP contribution in [0.2, 0.25) is 0 Å². The van der Waals surface area contributed by atoms with Gasteiger partial charge in [0, 0.05) is 43.8 Å². The zero-order valence-electron chi connectivity index (χ0n) is 24.5. The number of nitrogens with one attached hydrogen (secondary N) is 4. The number of hydrogen-bond donors (Lipinski definition) is 2. The summed E-state index contributed by atoms with van der Waals surface area (Å²) < 4.78 is 4.13. The van der Waals surface area contributed by atoms with Crippen molar-refractivity contribution in [3.63, 3.8) is 0 Å². The van der Waals surface area contributed by atoms with Gasteiger partial charge in [0.2, 0.25) is 11.3 Å². The SMILES string of the molecule is CN1C=CC=c2c1c1nc3[nH]c(nc4[nH+]c(nc5[nH+]c(nc2[nH]1)-c1c-5ccc[n+]1C)-c1c-4ccc[n+]1C)c1c3=CC=CN1C. The van der Waals surface area contributed by atoms with Crippen molar-refractivity contribution in [2.24, 2.45) is 14.1 Å². The number of aromatic amines is 4. The number of aromatic nitrogens is 10. The Morgan fingerprint density at radius 2 is 1.09 bits per heavy atom. The molecule has 9 heterocycles. The highest BCUT2D eigenvalue weighted by Gasteiger charge is 2.37. The molecule has 0 aliphatic carbocycles.